The molecule has 0 fully saturated rings. The van der Waals surface area contributed by atoms with Crippen molar-refractivity contribution < 1.29 is 9.59 Å². The molecular weight excluding hydrogens is 364 g/mol. The number of thioether (sulfide) groups is 1. The van der Waals surface area contributed by atoms with Crippen LogP contribution in [0.3, 0.4) is 0 Å². The van der Waals surface area contributed by atoms with Crippen LogP contribution in [0.2, 0.25) is 0 Å². The second kappa shape index (κ2) is 8.69. The van der Waals surface area contributed by atoms with E-state index in [1.165, 1.54) is 11.3 Å². The topological polar surface area (TPSA) is 72.2 Å². The molecule has 2 aromatic carbocycles. The third kappa shape index (κ3) is 4.74. The molecule has 3 N–H and O–H groups in total. The second-order valence-corrected chi connectivity index (χ2v) is 7.76. The first-order valence-corrected chi connectivity index (χ1v) is 9.90. The first-order valence-electron chi connectivity index (χ1n) is 8.10. The maximum atomic E-state index is 12.3. The summed E-state index contributed by atoms with van der Waals surface area (Å²) in [6.07, 6.45) is 0.357. The van der Waals surface area contributed by atoms with Crippen molar-refractivity contribution in [3.8, 4) is 10.4 Å². The summed E-state index contributed by atoms with van der Waals surface area (Å²) < 4.78 is 0. The summed E-state index contributed by atoms with van der Waals surface area (Å²) in [7, 11) is 0. The molecule has 1 heterocycles. The summed E-state index contributed by atoms with van der Waals surface area (Å²) in [5.74, 6) is -0.00615. The Balaban J connectivity index is 1.65. The van der Waals surface area contributed by atoms with Crippen LogP contribution in [0.15, 0.2) is 71.6 Å². The van der Waals surface area contributed by atoms with Crippen LogP contribution in [-0.4, -0.2) is 17.6 Å². The lowest BCUT2D eigenvalue weighted by atomic mass is 10.1. The van der Waals surface area contributed by atoms with Crippen LogP contribution < -0.4 is 11.1 Å². The number of thiophene rings is 1. The summed E-state index contributed by atoms with van der Waals surface area (Å²) in [4.78, 5) is 26.0. The molecule has 0 atom stereocenters. The van der Waals surface area contributed by atoms with Crippen LogP contribution in [0.4, 0.5) is 5.00 Å². The Morgan fingerprint density at radius 3 is 2.31 bits per heavy atom. The molecule has 0 aliphatic heterocycles. The molecule has 6 heteroatoms. The number of carbonyl (C=O) groups is 2. The van der Waals surface area contributed by atoms with Gasteiger partial charge in [-0.05, 0) is 23.8 Å². The van der Waals surface area contributed by atoms with Crippen molar-refractivity contribution >= 4 is 39.9 Å². The normalized spacial score (nSPS) is 10.5. The summed E-state index contributed by atoms with van der Waals surface area (Å²) in [5, 5.41) is 3.34. The minimum atomic E-state index is -0.544. The van der Waals surface area contributed by atoms with E-state index in [0.717, 1.165) is 15.3 Å². The molecule has 0 saturated carbocycles. The van der Waals surface area contributed by atoms with Crippen molar-refractivity contribution in [2.24, 2.45) is 5.73 Å². The summed E-state index contributed by atoms with van der Waals surface area (Å²) in [5.41, 5.74) is 6.80. The fourth-order valence-electron chi connectivity index (χ4n) is 2.38. The maximum absolute atomic E-state index is 12.3. The molecular formula is C20H18N2O2S2. The zero-order valence-corrected chi connectivity index (χ0v) is 15.6. The van der Waals surface area contributed by atoms with Crippen molar-refractivity contribution in [3.05, 3.63) is 72.3 Å². The summed E-state index contributed by atoms with van der Waals surface area (Å²) in [6.45, 7) is 0. The quantitative estimate of drug-likeness (QED) is 0.585. The van der Waals surface area contributed by atoms with Crippen LogP contribution in [0.5, 0.6) is 0 Å². The van der Waals surface area contributed by atoms with Gasteiger partial charge in [0.2, 0.25) is 5.91 Å². The maximum Gasteiger partial charge on any atom is 0.251 e. The van der Waals surface area contributed by atoms with Crippen molar-refractivity contribution in [1.29, 1.82) is 0 Å². The first-order chi connectivity index (χ1) is 12.6. The van der Waals surface area contributed by atoms with E-state index < -0.39 is 5.91 Å². The van der Waals surface area contributed by atoms with Gasteiger partial charge in [0, 0.05) is 21.9 Å². The fourth-order valence-corrected chi connectivity index (χ4v) is 4.34. The Labute approximate surface area is 160 Å². The second-order valence-electron chi connectivity index (χ2n) is 5.54. The highest BCUT2D eigenvalue weighted by atomic mass is 32.2. The summed E-state index contributed by atoms with van der Waals surface area (Å²) in [6, 6.07) is 21.4. The van der Waals surface area contributed by atoms with Gasteiger partial charge in [-0.1, -0.05) is 48.5 Å². The van der Waals surface area contributed by atoms with E-state index in [1.807, 2.05) is 60.7 Å². The first kappa shape index (κ1) is 18.2. The molecule has 2 amide bonds. The molecule has 0 radical (unpaired) electrons. The highest BCUT2D eigenvalue weighted by molar-refractivity contribution is 7.99. The molecule has 4 nitrogen and oxygen atoms in total. The van der Waals surface area contributed by atoms with E-state index in [9.17, 15) is 9.59 Å². The van der Waals surface area contributed by atoms with Gasteiger partial charge in [0.1, 0.15) is 5.00 Å². The van der Waals surface area contributed by atoms with Crippen LogP contribution in [0.25, 0.3) is 10.4 Å². The standard InChI is InChI=1S/C20H18N2O2S2/c21-19(24)16-13-17(14-7-3-1-4-8-14)26-20(16)22-18(23)11-12-25-15-9-5-2-6-10-15/h1-10,13H,11-12H2,(H2,21,24)(H,22,23). The van der Waals surface area contributed by atoms with Crippen LogP contribution in [-0.2, 0) is 4.79 Å². The lowest BCUT2D eigenvalue weighted by Gasteiger charge is -2.04. The monoisotopic (exact) mass is 382 g/mol. The predicted octanol–water partition coefficient (Wildman–Crippen LogP) is 4.63. The number of benzene rings is 2. The van der Waals surface area contributed by atoms with Gasteiger partial charge in [-0.15, -0.1) is 23.1 Å². The Morgan fingerprint density at radius 2 is 1.65 bits per heavy atom. The van der Waals surface area contributed by atoms with Gasteiger partial charge in [0.05, 0.1) is 5.56 Å². The Hall–Kier alpha value is -2.57. The number of amides is 2. The van der Waals surface area contributed by atoms with Crippen molar-refractivity contribution in [2.75, 3.05) is 11.1 Å². The largest absolute Gasteiger partial charge is 0.366 e. The van der Waals surface area contributed by atoms with E-state index in [4.69, 9.17) is 5.73 Å². The average molecular weight is 383 g/mol. The zero-order valence-electron chi connectivity index (χ0n) is 14.0. The fraction of sp³-hybridized carbons (Fsp3) is 0.100. The number of rotatable bonds is 7. The molecule has 3 rings (SSSR count). The van der Waals surface area contributed by atoms with E-state index in [2.05, 4.69) is 5.32 Å². The third-order valence-electron chi connectivity index (χ3n) is 3.65. The van der Waals surface area contributed by atoms with Gasteiger partial charge in [-0.25, -0.2) is 0 Å². The van der Waals surface area contributed by atoms with Crippen LogP contribution in [0, 0.1) is 0 Å². The number of carbonyl (C=O) groups excluding carboxylic acids is 2. The number of nitrogens with two attached hydrogens (primary N) is 1. The Morgan fingerprint density at radius 1 is 1.00 bits per heavy atom. The van der Waals surface area contributed by atoms with E-state index in [1.54, 1.807) is 17.8 Å². The lowest BCUT2D eigenvalue weighted by Crippen LogP contribution is -2.16. The predicted molar refractivity (Wildman–Crippen MR) is 109 cm³/mol. The third-order valence-corrected chi connectivity index (χ3v) is 5.76. The smallest absolute Gasteiger partial charge is 0.251 e. The molecule has 3 aromatic rings. The molecule has 0 bridgehead atoms. The number of hydrogen-bond acceptors (Lipinski definition) is 4. The molecule has 132 valence electrons. The van der Waals surface area contributed by atoms with Crippen molar-refractivity contribution in [2.45, 2.75) is 11.3 Å². The molecule has 0 saturated heterocycles. The van der Waals surface area contributed by atoms with Gasteiger partial charge >= 0.3 is 0 Å². The number of hydrogen-bond donors (Lipinski definition) is 2. The molecule has 0 aliphatic carbocycles. The van der Waals surface area contributed by atoms with Gasteiger partial charge in [0.25, 0.3) is 5.91 Å². The highest BCUT2D eigenvalue weighted by Gasteiger charge is 2.16. The zero-order chi connectivity index (χ0) is 18.4. The molecule has 0 unspecified atom stereocenters. The molecule has 26 heavy (non-hydrogen) atoms. The van der Waals surface area contributed by atoms with Gasteiger partial charge in [-0.3, -0.25) is 9.59 Å². The Kier molecular flexibility index (Phi) is 6.09. The summed E-state index contributed by atoms with van der Waals surface area (Å²) >= 11 is 2.98. The average Bonchev–Trinajstić information content (AvgIpc) is 3.07. The van der Waals surface area contributed by atoms with E-state index in [-0.39, 0.29) is 5.91 Å². The minimum Gasteiger partial charge on any atom is -0.366 e. The van der Waals surface area contributed by atoms with Crippen LogP contribution >= 0.6 is 23.1 Å². The number of nitrogens with one attached hydrogen (secondary N) is 1. The van der Waals surface area contributed by atoms with Crippen molar-refractivity contribution in [3.63, 3.8) is 0 Å². The van der Waals surface area contributed by atoms with Gasteiger partial charge in [-0.2, -0.15) is 0 Å². The number of anilines is 1. The lowest BCUT2D eigenvalue weighted by molar-refractivity contribution is -0.115. The SMILES string of the molecule is NC(=O)c1cc(-c2ccccc2)sc1NC(=O)CCSc1ccccc1. The molecule has 1 aromatic heterocycles. The van der Waals surface area contributed by atoms with E-state index >= 15 is 0 Å². The van der Waals surface area contributed by atoms with Gasteiger partial charge in [0.15, 0.2) is 0 Å². The molecule has 0 aliphatic rings. The highest BCUT2D eigenvalue weighted by Crippen LogP contribution is 2.35. The Bertz CT molecular complexity index is 893. The van der Waals surface area contributed by atoms with Crippen molar-refractivity contribution in [1.82, 2.24) is 0 Å². The number of primary amides is 1. The van der Waals surface area contributed by atoms with E-state index in [0.29, 0.717) is 22.7 Å². The van der Waals surface area contributed by atoms with Crippen LogP contribution in [0.1, 0.15) is 16.8 Å². The molecule has 0 spiro atoms. The minimum absolute atomic E-state index is 0.127. The van der Waals surface area contributed by atoms with Gasteiger partial charge < -0.3 is 11.1 Å².